The van der Waals surface area contributed by atoms with E-state index in [-0.39, 0.29) is 18.8 Å². The number of rotatable bonds is 4. The lowest BCUT2D eigenvalue weighted by atomic mass is 10.1. The first kappa shape index (κ1) is 17.3. The van der Waals surface area contributed by atoms with E-state index in [1.807, 2.05) is 37.4 Å². The third-order valence-corrected chi connectivity index (χ3v) is 4.74. The van der Waals surface area contributed by atoms with Crippen molar-refractivity contribution in [1.29, 1.82) is 0 Å². The van der Waals surface area contributed by atoms with E-state index in [9.17, 15) is 9.18 Å². The van der Waals surface area contributed by atoms with E-state index >= 15 is 0 Å². The molecule has 27 heavy (non-hydrogen) atoms. The van der Waals surface area contributed by atoms with Crippen molar-refractivity contribution in [3.8, 4) is 16.9 Å². The number of pyridine rings is 1. The average molecular weight is 369 g/mol. The van der Waals surface area contributed by atoms with Gasteiger partial charge in [-0.15, -0.1) is 5.10 Å². The van der Waals surface area contributed by atoms with Crippen LogP contribution in [-0.2, 0) is 6.54 Å². The minimum absolute atomic E-state index is 0.0296. The molecular weight excluding hydrogens is 349 g/mol. The molecule has 0 fully saturated rings. The van der Waals surface area contributed by atoms with E-state index in [1.165, 1.54) is 9.08 Å². The number of fused-ring (bicyclic) bond motifs is 2. The Morgan fingerprint density at radius 2 is 2.15 bits per heavy atom. The van der Waals surface area contributed by atoms with E-state index in [1.54, 1.807) is 6.20 Å². The number of aromatic nitrogens is 3. The molecule has 0 unspecified atom stereocenters. The predicted octanol–water partition coefficient (Wildman–Crippen LogP) is 1.80. The van der Waals surface area contributed by atoms with E-state index in [0.29, 0.717) is 24.2 Å². The Morgan fingerprint density at radius 1 is 1.33 bits per heavy atom. The predicted molar refractivity (Wildman–Crippen MR) is 102 cm³/mol. The summed E-state index contributed by atoms with van der Waals surface area (Å²) in [6.45, 7) is 1.57. The monoisotopic (exact) mass is 369 g/mol. The van der Waals surface area contributed by atoms with Crippen molar-refractivity contribution in [2.75, 3.05) is 31.6 Å². The van der Waals surface area contributed by atoms with E-state index < -0.39 is 0 Å². The van der Waals surface area contributed by atoms with Gasteiger partial charge >= 0.3 is 5.69 Å². The standard InChI is InChI=1S/C19H20FN5O2/c1-23-6-7-27-17-8-14(2-3-16(17)23)15-4-5-24-18(9-15)22-25(19(24)26)12-13(10-20)11-21/h2-5,8-10H,6-7,11-12,21H2,1H3/b13-10+. The summed E-state index contributed by atoms with van der Waals surface area (Å²) in [7, 11) is 2.04. The van der Waals surface area contributed by atoms with Gasteiger partial charge in [0.2, 0.25) is 0 Å². The van der Waals surface area contributed by atoms with E-state index in [0.717, 1.165) is 29.1 Å². The molecule has 0 saturated heterocycles. The largest absolute Gasteiger partial charge is 0.490 e. The van der Waals surface area contributed by atoms with Gasteiger partial charge in [-0.3, -0.25) is 4.40 Å². The van der Waals surface area contributed by atoms with Crippen LogP contribution < -0.4 is 21.1 Å². The minimum atomic E-state index is -0.334. The van der Waals surface area contributed by atoms with Gasteiger partial charge in [0.05, 0.1) is 25.1 Å². The lowest BCUT2D eigenvalue weighted by Crippen LogP contribution is -2.28. The molecule has 2 N–H and O–H groups in total. The van der Waals surface area contributed by atoms with Crippen LogP contribution >= 0.6 is 0 Å². The lowest BCUT2D eigenvalue weighted by molar-refractivity contribution is 0.311. The van der Waals surface area contributed by atoms with Gasteiger partial charge in [0, 0.05) is 19.8 Å². The molecule has 1 aromatic carbocycles. The highest BCUT2D eigenvalue weighted by molar-refractivity contribution is 5.73. The molecular formula is C19H20FN5O2. The summed E-state index contributed by atoms with van der Waals surface area (Å²) < 4.78 is 21.2. The third kappa shape index (κ3) is 3.08. The summed E-state index contributed by atoms with van der Waals surface area (Å²) >= 11 is 0. The molecule has 1 aliphatic heterocycles. The van der Waals surface area contributed by atoms with Crippen LogP contribution in [0.25, 0.3) is 16.8 Å². The molecule has 0 saturated carbocycles. The van der Waals surface area contributed by atoms with Crippen molar-refractivity contribution in [2.45, 2.75) is 6.54 Å². The Bertz CT molecular complexity index is 1090. The Hall–Kier alpha value is -3.13. The van der Waals surface area contributed by atoms with Crippen LogP contribution in [0.15, 0.2) is 53.2 Å². The minimum Gasteiger partial charge on any atom is -0.490 e. The van der Waals surface area contributed by atoms with Crippen LogP contribution in [0.1, 0.15) is 0 Å². The number of benzene rings is 1. The number of hydrogen-bond donors (Lipinski definition) is 1. The molecule has 3 aromatic rings. The molecule has 1 aliphatic rings. The van der Waals surface area contributed by atoms with Gasteiger partial charge in [-0.25, -0.2) is 13.9 Å². The molecule has 140 valence electrons. The number of nitrogens with zero attached hydrogens (tertiary/aromatic N) is 4. The van der Waals surface area contributed by atoms with Crippen molar-refractivity contribution in [1.82, 2.24) is 14.2 Å². The van der Waals surface area contributed by atoms with Gasteiger partial charge in [0.1, 0.15) is 12.4 Å². The fourth-order valence-corrected chi connectivity index (χ4v) is 3.17. The van der Waals surface area contributed by atoms with Crippen LogP contribution in [0, 0.1) is 0 Å². The second kappa shape index (κ2) is 6.88. The molecule has 0 radical (unpaired) electrons. The van der Waals surface area contributed by atoms with Crippen LogP contribution in [-0.4, -0.2) is 40.9 Å². The summed E-state index contributed by atoms with van der Waals surface area (Å²) in [5, 5.41) is 4.30. The first-order chi connectivity index (χ1) is 13.1. The van der Waals surface area contributed by atoms with Crippen LogP contribution in [0.3, 0.4) is 0 Å². The normalized spacial score (nSPS) is 14.3. The molecule has 7 nitrogen and oxygen atoms in total. The summed E-state index contributed by atoms with van der Waals surface area (Å²) in [5.74, 6) is 0.838. The Labute approximate surface area is 155 Å². The number of likely N-dealkylation sites (N-methyl/N-ethyl adjacent to an activating group) is 1. The average Bonchev–Trinajstić information content (AvgIpc) is 3.01. The zero-order valence-electron chi connectivity index (χ0n) is 14.9. The number of hydrogen-bond acceptors (Lipinski definition) is 5. The highest BCUT2D eigenvalue weighted by atomic mass is 19.1. The van der Waals surface area contributed by atoms with Crippen LogP contribution in [0.2, 0.25) is 0 Å². The lowest BCUT2D eigenvalue weighted by Gasteiger charge is -2.28. The SMILES string of the molecule is CN1CCOc2cc(-c3ccn4c(=O)n(C/C(=C/F)CN)nc4c3)ccc21. The molecule has 8 heteroatoms. The first-order valence-electron chi connectivity index (χ1n) is 8.66. The summed E-state index contributed by atoms with van der Waals surface area (Å²) in [6, 6.07) is 9.71. The van der Waals surface area contributed by atoms with Gasteiger partial charge in [-0.2, -0.15) is 0 Å². The number of ether oxygens (including phenoxy) is 1. The Morgan fingerprint density at radius 3 is 2.93 bits per heavy atom. The van der Waals surface area contributed by atoms with E-state index in [4.69, 9.17) is 10.5 Å². The van der Waals surface area contributed by atoms with Gasteiger partial charge in [-0.05, 0) is 41.0 Å². The third-order valence-electron chi connectivity index (χ3n) is 4.74. The smallest absolute Gasteiger partial charge is 0.350 e. The number of halogens is 1. The molecule has 0 spiro atoms. The second-order valence-electron chi connectivity index (χ2n) is 6.51. The zero-order valence-corrected chi connectivity index (χ0v) is 14.9. The van der Waals surface area contributed by atoms with Gasteiger partial charge in [-0.1, -0.05) is 6.07 Å². The first-order valence-corrected chi connectivity index (χ1v) is 8.66. The fourth-order valence-electron chi connectivity index (χ4n) is 3.17. The second-order valence-corrected chi connectivity index (χ2v) is 6.51. The Balaban J connectivity index is 1.73. The topological polar surface area (TPSA) is 77.8 Å². The molecule has 0 bridgehead atoms. The summed E-state index contributed by atoms with van der Waals surface area (Å²) in [5.41, 5.74) is 8.87. The highest BCUT2D eigenvalue weighted by Gasteiger charge is 2.16. The molecule has 0 atom stereocenters. The fraction of sp³-hybridized carbons (Fsp3) is 0.263. The summed E-state index contributed by atoms with van der Waals surface area (Å²) in [4.78, 5) is 14.6. The molecule has 2 aromatic heterocycles. The van der Waals surface area contributed by atoms with Crippen LogP contribution in [0.5, 0.6) is 5.75 Å². The molecule has 0 amide bonds. The molecule has 0 aliphatic carbocycles. The van der Waals surface area contributed by atoms with Crippen LogP contribution in [0.4, 0.5) is 10.1 Å². The maximum absolute atomic E-state index is 12.8. The van der Waals surface area contributed by atoms with E-state index in [2.05, 4.69) is 10.00 Å². The van der Waals surface area contributed by atoms with Crippen molar-refractivity contribution < 1.29 is 9.13 Å². The quantitative estimate of drug-likeness (QED) is 0.759. The highest BCUT2D eigenvalue weighted by Crippen LogP contribution is 2.35. The molecule has 4 rings (SSSR count). The van der Waals surface area contributed by atoms with Crippen molar-refractivity contribution in [2.24, 2.45) is 5.73 Å². The maximum atomic E-state index is 12.8. The van der Waals surface area contributed by atoms with Gasteiger partial charge in [0.25, 0.3) is 0 Å². The number of nitrogens with two attached hydrogens (primary N) is 1. The van der Waals surface area contributed by atoms with Gasteiger partial charge in [0.15, 0.2) is 5.65 Å². The van der Waals surface area contributed by atoms with Crippen molar-refractivity contribution >= 4 is 11.3 Å². The number of anilines is 1. The molecule has 3 heterocycles. The zero-order chi connectivity index (χ0) is 19.0. The van der Waals surface area contributed by atoms with Gasteiger partial charge < -0.3 is 15.4 Å². The van der Waals surface area contributed by atoms with Crippen molar-refractivity contribution in [3.05, 3.63) is 58.9 Å². The maximum Gasteiger partial charge on any atom is 0.350 e. The summed E-state index contributed by atoms with van der Waals surface area (Å²) in [6.07, 6.45) is 2.09. The Kier molecular flexibility index (Phi) is 4.41. The van der Waals surface area contributed by atoms with Crippen molar-refractivity contribution in [3.63, 3.8) is 0 Å².